The largest absolute Gasteiger partial charge is 0.507 e. The lowest BCUT2D eigenvalue weighted by Gasteiger charge is -2.14. The Labute approximate surface area is 416 Å². The van der Waals surface area contributed by atoms with Gasteiger partial charge in [-0.05, 0) is 109 Å². The molecule has 74 heavy (non-hydrogen) atoms. The zero-order valence-electron chi connectivity index (χ0n) is 37.5. The van der Waals surface area contributed by atoms with Gasteiger partial charge in [-0.2, -0.15) is 18.6 Å². The highest BCUT2D eigenvalue weighted by Crippen LogP contribution is 2.47. The number of Topliss-reactive ketones (excluding diaryl/α,β-unsaturated/α-hetero) is 1. The molecule has 11 N–H and O–H groups in total. The summed E-state index contributed by atoms with van der Waals surface area (Å²) < 4.78 is 60.5. The first kappa shape index (κ1) is 52.0. The number of azo groups is 3. The number of hydrogen-bond acceptors (Lipinski definition) is 19. The number of carboxylic acid groups (broad SMARTS) is 3. The van der Waals surface area contributed by atoms with E-state index in [2.05, 4.69) is 41.0 Å². The van der Waals surface area contributed by atoms with E-state index >= 15 is 0 Å². The minimum atomic E-state index is -5.32. The summed E-state index contributed by atoms with van der Waals surface area (Å²) in [6.45, 7) is 1.02. The lowest BCUT2D eigenvalue weighted by atomic mass is 9.99. The maximum atomic E-state index is 13.0. The summed E-state index contributed by atoms with van der Waals surface area (Å²) in [5.41, 5.74) is -3.23. The molecule has 0 saturated carbocycles. The molecule has 7 rings (SSSR count). The van der Waals surface area contributed by atoms with Crippen molar-refractivity contribution in [2.24, 2.45) is 40.8 Å². The van der Waals surface area contributed by atoms with Crippen molar-refractivity contribution in [3.63, 3.8) is 0 Å². The molecule has 0 aliphatic rings. The summed E-state index contributed by atoms with van der Waals surface area (Å²) in [6.07, 6.45) is 0. The Bertz CT molecular complexity index is 3850. The van der Waals surface area contributed by atoms with E-state index in [0.29, 0.717) is 5.69 Å². The van der Waals surface area contributed by atoms with E-state index in [0.717, 1.165) is 73.7 Å². The van der Waals surface area contributed by atoms with Crippen LogP contribution in [0.1, 0.15) is 38.0 Å². The number of ketones is 1. The van der Waals surface area contributed by atoms with Gasteiger partial charge in [-0.3, -0.25) is 9.35 Å². The number of primary sulfonamides is 1. The first-order chi connectivity index (χ1) is 34.9. The SMILES string of the molecule is CC(=O)C(N=Nc1ccc(-c2ccc(N=Nc3c(S(=O)(=O)O)cc4c(N=Nc5cc(S(N)(=O)=O)ccc5O)c(Nc5ccccc5)ccc4c3O)c(C(=O)O)c2)cc1C(=O)O)C(O)=Nc1ccc(O)c(C(=O)O)c1. The topological polar surface area (TPSA) is 423 Å². The Morgan fingerprint density at radius 1 is 0.581 bits per heavy atom. The molecular formula is C47H35N9O16S2. The van der Waals surface area contributed by atoms with Crippen molar-refractivity contribution in [1.29, 1.82) is 0 Å². The van der Waals surface area contributed by atoms with Crippen molar-refractivity contribution in [2.45, 2.75) is 22.8 Å². The minimum absolute atomic E-state index is 0.0897. The number of anilines is 2. The number of phenols is 3. The number of aliphatic hydroxyl groups is 1. The van der Waals surface area contributed by atoms with E-state index in [-0.39, 0.29) is 50.3 Å². The predicted molar refractivity (Wildman–Crippen MR) is 263 cm³/mol. The molecule has 25 nitrogen and oxygen atoms in total. The quantitative estimate of drug-likeness (QED) is 0.0175. The van der Waals surface area contributed by atoms with Crippen LogP contribution in [-0.2, 0) is 24.9 Å². The minimum Gasteiger partial charge on any atom is -0.507 e. The molecule has 0 heterocycles. The number of hydrogen-bond donors (Lipinski definition) is 10. The second-order valence-corrected chi connectivity index (χ2v) is 18.4. The molecule has 0 aliphatic heterocycles. The molecule has 0 amide bonds. The summed E-state index contributed by atoms with van der Waals surface area (Å²) in [6, 6.07) is 23.3. The lowest BCUT2D eigenvalue weighted by molar-refractivity contribution is -0.117. The molecule has 0 aliphatic carbocycles. The summed E-state index contributed by atoms with van der Waals surface area (Å²) in [4.78, 5) is 51.2. The number of rotatable bonds is 17. The van der Waals surface area contributed by atoms with E-state index in [1.807, 2.05) is 0 Å². The maximum absolute atomic E-state index is 13.0. The van der Waals surface area contributed by atoms with Crippen molar-refractivity contribution in [2.75, 3.05) is 5.32 Å². The second kappa shape index (κ2) is 20.9. The van der Waals surface area contributed by atoms with Gasteiger partial charge in [0.15, 0.2) is 11.5 Å². The summed E-state index contributed by atoms with van der Waals surface area (Å²) in [5, 5.41) is 104. The van der Waals surface area contributed by atoms with Crippen molar-refractivity contribution >= 4 is 106 Å². The number of fused-ring (bicyclic) bond motifs is 1. The highest BCUT2D eigenvalue weighted by molar-refractivity contribution is 7.89. The number of carbonyl (C=O) groups is 4. The number of benzene rings is 7. The van der Waals surface area contributed by atoms with Gasteiger partial charge in [0.05, 0.1) is 33.1 Å². The fourth-order valence-corrected chi connectivity index (χ4v) is 8.07. The molecule has 7 aromatic carbocycles. The van der Waals surface area contributed by atoms with E-state index < -0.39 is 111 Å². The van der Waals surface area contributed by atoms with Crippen LogP contribution in [0.4, 0.5) is 45.5 Å². The Hall–Kier alpha value is -9.83. The Kier molecular flexibility index (Phi) is 14.7. The standard InChI is InChI=1S/C47H35N9O16S2/c1-22(57)40(44(61)50-26-9-15-37(58)32(19-26)47(66)67)54-51-33-12-7-23(17-30(33)45(62)63)24-8-13-34(31(18-24)46(64)65)52-56-42-39(74(70,71)72)21-29-28(43(42)60)11-14-35(49-25-5-3-2-4-6-25)41(29)55-53-36-20-27(73(48,68)69)10-16-38(36)59/h2-21,40,49,58-60H,1H3,(H,50,61)(H,62,63)(H,64,65)(H,66,67)(H2,48,68,69)(H,70,71,72). The third-order valence-corrected chi connectivity index (χ3v) is 12.3. The number of nitrogens with zero attached hydrogens (tertiary/aromatic N) is 7. The number of aliphatic imine (C=N–C) groups is 1. The van der Waals surface area contributed by atoms with Crippen LogP contribution in [0, 0.1) is 0 Å². The van der Waals surface area contributed by atoms with E-state index in [1.54, 1.807) is 30.3 Å². The molecule has 1 unspecified atom stereocenters. The van der Waals surface area contributed by atoms with E-state index in [1.165, 1.54) is 24.3 Å². The van der Waals surface area contributed by atoms with E-state index in [9.17, 15) is 76.3 Å². The number of nitrogens with one attached hydrogen (secondary N) is 1. The summed E-state index contributed by atoms with van der Waals surface area (Å²) in [5.74, 6) is -8.43. The lowest BCUT2D eigenvalue weighted by Crippen LogP contribution is -2.25. The van der Waals surface area contributed by atoms with Crippen LogP contribution in [0.15, 0.2) is 167 Å². The van der Waals surface area contributed by atoms with E-state index in [4.69, 9.17) is 5.14 Å². The van der Waals surface area contributed by atoms with Crippen LogP contribution >= 0.6 is 0 Å². The molecule has 0 spiro atoms. The predicted octanol–water partition coefficient (Wildman–Crippen LogP) is 9.52. The second-order valence-electron chi connectivity index (χ2n) is 15.5. The molecule has 7 aromatic rings. The molecule has 27 heteroatoms. The number of sulfonamides is 1. The average Bonchev–Trinajstić information content (AvgIpc) is 3.33. The van der Waals surface area contributed by atoms with Gasteiger partial charge in [0, 0.05) is 16.5 Å². The van der Waals surface area contributed by atoms with Crippen molar-refractivity contribution in [3.05, 3.63) is 138 Å². The van der Waals surface area contributed by atoms with Crippen LogP contribution in [0.25, 0.3) is 21.9 Å². The van der Waals surface area contributed by atoms with Gasteiger partial charge in [-0.25, -0.2) is 32.9 Å². The van der Waals surface area contributed by atoms with Gasteiger partial charge in [-0.1, -0.05) is 30.3 Å². The van der Waals surface area contributed by atoms with Gasteiger partial charge < -0.3 is 41.1 Å². The first-order valence-corrected chi connectivity index (χ1v) is 23.7. The van der Waals surface area contributed by atoms with Gasteiger partial charge in [0.2, 0.25) is 22.0 Å². The molecule has 376 valence electrons. The van der Waals surface area contributed by atoms with Crippen molar-refractivity contribution in [1.82, 2.24) is 0 Å². The number of phenolic OH excluding ortho intramolecular Hbond substituents is 2. The smallest absolute Gasteiger partial charge is 0.339 e. The molecule has 0 aromatic heterocycles. The monoisotopic (exact) mass is 1050 g/mol. The summed E-state index contributed by atoms with van der Waals surface area (Å²) >= 11 is 0. The Balaban J connectivity index is 1.26. The Morgan fingerprint density at radius 2 is 1.16 bits per heavy atom. The normalized spacial score (nSPS) is 12.7. The van der Waals surface area contributed by atoms with Crippen LogP contribution < -0.4 is 10.5 Å². The fraction of sp³-hybridized carbons (Fsp3) is 0.0426. The third-order valence-electron chi connectivity index (χ3n) is 10.5. The molecule has 1 atom stereocenters. The molecule has 0 bridgehead atoms. The molecule has 0 fully saturated rings. The van der Waals surface area contributed by atoms with Crippen LogP contribution in [0.2, 0.25) is 0 Å². The zero-order chi connectivity index (χ0) is 53.8. The average molecular weight is 1050 g/mol. The number of carboxylic acids is 3. The third kappa shape index (κ3) is 11.5. The molecule has 0 saturated heterocycles. The number of nitrogens with two attached hydrogens (primary N) is 1. The van der Waals surface area contributed by atoms with Gasteiger partial charge in [-0.15, -0.1) is 20.5 Å². The van der Waals surface area contributed by atoms with Gasteiger partial charge >= 0.3 is 17.9 Å². The van der Waals surface area contributed by atoms with Crippen molar-refractivity contribution in [3.8, 4) is 28.4 Å². The maximum Gasteiger partial charge on any atom is 0.339 e. The zero-order valence-corrected chi connectivity index (χ0v) is 39.1. The molecule has 0 radical (unpaired) electrons. The number of para-hydroxylation sites is 1. The van der Waals surface area contributed by atoms with Gasteiger partial charge in [0.1, 0.15) is 44.7 Å². The number of aromatic hydroxyl groups is 3. The Morgan fingerprint density at radius 3 is 1.74 bits per heavy atom. The number of aliphatic hydroxyl groups excluding tert-OH is 1. The molecular weight excluding hydrogens is 1010 g/mol. The first-order valence-electron chi connectivity index (χ1n) is 20.7. The van der Waals surface area contributed by atoms with Crippen LogP contribution in [0.3, 0.4) is 0 Å². The highest BCUT2D eigenvalue weighted by Gasteiger charge is 2.26. The highest BCUT2D eigenvalue weighted by atomic mass is 32.2. The van der Waals surface area contributed by atoms with Gasteiger partial charge in [0.25, 0.3) is 10.1 Å². The van der Waals surface area contributed by atoms with Crippen molar-refractivity contribution < 1.29 is 76.3 Å². The van der Waals surface area contributed by atoms with Crippen LogP contribution in [0.5, 0.6) is 17.2 Å². The number of carbonyl (C=O) groups excluding carboxylic acids is 1. The summed E-state index contributed by atoms with van der Waals surface area (Å²) in [7, 11) is -9.60. The fourth-order valence-electron chi connectivity index (χ4n) is 6.89. The number of aromatic carboxylic acids is 3. The van der Waals surface area contributed by atoms with Crippen LogP contribution in [-0.4, -0.2) is 92.8 Å².